The van der Waals surface area contributed by atoms with Crippen LogP contribution in [0.1, 0.15) is 12.8 Å². The van der Waals surface area contributed by atoms with E-state index in [9.17, 15) is 13.2 Å². The first kappa shape index (κ1) is 22.1. The summed E-state index contributed by atoms with van der Waals surface area (Å²) >= 11 is 10.6. The highest BCUT2D eigenvalue weighted by Crippen LogP contribution is 2.31. The molecule has 1 aromatic heterocycles. The summed E-state index contributed by atoms with van der Waals surface area (Å²) in [5.74, 6) is -0.220. The van der Waals surface area contributed by atoms with Gasteiger partial charge in [-0.05, 0) is 59.1 Å². The van der Waals surface area contributed by atoms with Gasteiger partial charge in [0, 0.05) is 50.0 Å². The zero-order valence-electron chi connectivity index (χ0n) is 16.3. The molecular formula is C20H23BrClN3O3S2. The van der Waals surface area contributed by atoms with Gasteiger partial charge in [0.15, 0.2) is 0 Å². The predicted molar refractivity (Wildman–Crippen MR) is 124 cm³/mol. The minimum absolute atomic E-state index is 0.0630. The highest BCUT2D eigenvalue weighted by Gasteiger charge is 2.36. The fourth-order valence-electron chi connectivity index (χ4n) is 4.04. The molecule has 6 nitrogen and oxygen atoms in total. The Labute approximate surface area is 194 Å². The van der Waals surface area contributed by atoms with E-state index in [4.69, 9.17) is 11.6 Å². The maximum absolute atomic E-state index is 13.1. The second kappa shape index (κ2) is 9.16. The number of halogens is 2. The number of hydrogen-bond donors (Lipinski definition) is 0. The first-order valence-electron chi connectivity index (χ1n) is 9.89. The van der Waals surface area contributed by atoms with Gasteiger partial charge in [-0.3, -0.25) is 4.79 Å². The summed E-state index contributed by atoms with van der Waals surface area (Å²) in [5, 5.41) is 0.701. The highest BCUT2D eigenvalue weighted by atomic mass is 79.9. The Morgan fingerprint density at radius 3 is 2.53 bits per heavy atom. The van der Waals surface area contributed by atoms with E-state index in [1.807, 2.05) is 29.2 Å². The summed E-state index contributed by atoms with van der Waals surface area (Å²) in [6.45, 7) is 3.46. The lowest BCUT2D eigenvalue weighted by Crippen LogP contribution is -2.53. The van der Waals surface area contributed by atoms with Crippen molar-refractivity contribution in [3.05, 3.63) is 45.2 Å². The molecule has 4 rings (SSSR count). The van der Waals surface area contributed by atoms with Crippen LogP contribution in [-0.2, 0) is 14.8 Å². The molecule has 10 heteroatoms. The number of carbonyl (C=O) groups is 1. The number of rotatable bonds is 4. The number of sulfonamides is 1. The van der Waals surface area contributed by atoms with Crippen molar-refractivity contribution in [2.24, 2.45) is 5.92 Å². The minimum atomic E-state index is -3.56. The summed E-state index contributed by atoms with van der Waals surface area (Å²) < 4.78 is 28.5. The third-order valence-electron chi connectivity index (χ3n) is 5.64. The molecule has 0 bridgehead atoms. The molecule has 0 saturated carbocycles. The van der Waals surface area contributed by atoms with Gasteiger partial charge in [-0.1, -0.05) is 17.7 Å². The van der Waals surface area contributed by atoms with Crippen LogP contribution in [0.15, 0.2) is 44.4 Å². The Balaban J connectivity index is 1.38. The molecule has 2 aliphatic heterocycles. The zero-order valence-corrected chi connectivity index (χ0v) is 20.3. The third kappa shape index (κ3) is 4.70. The summed E-state index contributed by atoms with van der Waals surface area (Å²) in [4.78, 5) is 17.2. The Morgan fingerprint density at radius 1 is 1.10 bits per heavy atom. The standard InChI is InChI=1S/C20H23BrClN3O3S2/c21-18-6-7-19(29-18)30(27,28)25-8-2-3-15(14-25)20(26)24-11-9-23(10-12-24)17-5-1-4-16(22)13-17/h1,4-7,13,15H,2-3,8-12,14H2/t15-/m1/s1. The number of piperazine rings is 1. The molecule has 3 heterocycles. The molecular weight excluding hydrogens is 510 g/mol. The van der Waals surface area contributed by atoms with Crippen LogP contribution in [0.25, 0.3) is 0 Å². The quantitative estimate of drug-likeness (QED) is 0.599. The maximum Gasteiger partial charge on any atom is 0.252 e. The molecule has 30 heavy (non-hydrogen) atoms. The number of nitrogens with zero attached hydrogens (tertiary/aromatic N) is 3. The van der Waals surface area contributed by atoms with Crippen LogP contribution in [-0.4, -0.2) is 62.8 Å². The Hall–Kier alpha value is -1.13. The van der Waals surface area contributed by atoms with E-state index in [0.717, 1.165) is 29.0 Å². The fourth-order valence-corrected chi connectivity index (χ4v) is 7.91. The largest absolute Gasteiger partial charge is 0.368 e. The zero-order chi connectivity index (χ0) is 21.3. The maximum atomic E-state index is 13.1. The average molecular weight is 533 g/mol. The highest BCUT2D eigenvalue weighted by molar-refractivity contribution is 9.11. The van der Waals surface area contributed by atoms with Gasteiger partial charge in [-0.2, -0.15) is 4.31 Å². The second-order valence-electron chi connectivity index (χ2n) is 7.55. The SMILES string of the molecule is O=C([C@@H]1CCCN(S(=O)(=O)c2ccc(Br)s2)C1)N1CCN(c2cccc(Cl)c2)CC1. The first-order chi connectivity index (χ1) is 14.3. The molecule has 0 unspecified atom stereocenters. The van der Waals surface area contributed by atoms with E-state index in [2.05, 4.69) is 20.8 Å². The lowest BCUT2D eigenvalue weighted by molar-refractivity contribution is -0.137. The molecule has 0 N–H and O–H groups in total. The van der Waals surface area contributed by atoms with Crippen molar-refractivity contribution in [2.45, 2.75) is 17.1 Å². The average Bonchev–Trinajstić information content (AvgIpc) is 3.21. The van der Waals surface area contributed by atoms with Crippen molar-refractivity contribution in [1.29, 1.82) is 0 Å². The van der Waals surface area contributed by atoms with Crippen LogP contribution in [0.4, 0.5) is 5.69 Å². The van der Waals surface area contributed by atoms with Crippen LogP contribution < -0.4 is 4.90 Å². The van der Waals surface area contributed by atoms with Gasteiger partial charge in [0.25, 0.3) is 10.0 Å². The van der Waals surface area contributed by atoms with Crippen LogP contribution in [0.2, 0.25) is 5.02 Å². The van der Waals surface area contributed by atoms with Gasteiger partial charge >= 0.3 is 0 Å². The number of benzene rings is 1. The van der Waals surface area contributed by atoms with E-state index >= 15 is 0 Å². The molecule has 0 radical (unpaired) electrons. The number of thiophene rings is 1. The van der Waals surface area contributed by atoms with Crippen LogP contribution in [0.5, 0.6) is 0 Å². The molecule has 162 valence electrons. The van der Waals surface area contributed by atoms with E-state index < -0.39 is 10.0 Å². The molecule has 0 spiro atoms. The molecule has 1 atom stereocenters. The number of hydrogen-bond acceptors (Lipinski definition) is 5. The molecule has 1 amide bonds. The van der Waals surface area contributed by atoms with Crippen LogP contribution in [0, 0.1) is 5.92 Å². The van der Waals surface area contributed by atoms with E-state index in [1.54, 1.807) is 12.1 Å². The lowest BCUT2D eigenvalue weighted by atomic mass is 9.97. The van der Waals surface area contributed by atoms with Crippen molar-refractivity contribution in [1.82, 2.24) is 9.21 Å². The van der Waals surface area contributed by atoms with Crippen molar-refractivity contribution < 1.29 is 13.2 Å². The van der Waals surface area contributed by atoms with Crippen molar-refractivity contribution in [3.63, 3.8) is 0 Å². The van der Waals surface area contributed by atoms with Crippen LogP contribution >= 0.6 is 38.9 Å². The lowest BCUT2D eigenvalue weighted by Gasteiger charge is -2.39. The molecule has 2 saturated heterocycles. The summed E-state index contributed by atoms with van der Waals surface area (Å²) in [6, 6.07) is 11.1. The number of anilines is 1. The third-order valence-corrected chi connectivity index (χ3v) is 9.83. The number of amides is 1. The number of carbonyl (C=O) groups excluding carboxylic acids is 1. The summed E-state index contributed by atoms with van der Waals surface area (Å²) in [5.41, 5.74) is 1.06. The minimum Gasteiger partial charge on any atom is -0.368 e. The number of piperidine rings is 1. The Kier molecular flexibility index (Phi) is 6.74. The van der Waals surface area contributed by atoms with Crippen LogP contribution in [0.3, 0.4) is 0 Å². The normalized spacial score (nSPS) is 21.1. The molecule has 0 aliphatic carbocycles. The van der Waals surface area contributed by atoms with Gasteiger partial charge in [-0.25, -0.2) is 8.42 Å². The van der Waals surface area contributed by atoms with Gasteiger partial charge < -0.3 is 9.80 Å². The van der Waals surface area contributed by atoms with Gasteiger partial charge in [0.1, 0.15) is 4.21 Å². The second-order valence-corrected chi connectivity index (χ2v) is 12.6. The van der Waals surface area contributed by atoms with E-state index in [0.29, 0.717) is 35.3 Å². The topological polar surface area (TPSA) is 60.9 Å². The van der Waals surface area contributed by atoms with Crippen molar-refractivity contribution >= 4 is 60.5 Å². The summed E-state index contributed by atoms with van der Waals surface area (Å²) in [6.07, 6.45) is 1.43. The van der Waals surface area contributed by atoms with E-state index in [1.165, 1.54) is 15.6 Å². The van der Waals surface area contributed by atoms with Gasteiger partial charge in [-0.15, -0.1) is 11.3 Å². The van der Waals surface area contributed by atoms with Gasteiger partial charge in [0.05, 0.1) is 9.70 Å². The Morgan fingerprint density at radius 2 is 1.87 bits per heavy atom. The molecule has 1 aromatic carbocycles. The molecule has 2 aliphatic rings. The summed E-state index contributed by atoms with van der Waals surface area (Å²) in [7, 11) is -3.56. The van der Waals surface area contributed by atoms with Crippen molar-refractivity contribution in [3.8, 4) is 0 Å². The predicted octanol–water partition coefficient (Wildman–Crippen LogP) is 3.91. The molecule has 2 aromatic rings. The molecule has 2 fully saturated rings. The fraction of sp³-hybridized carbons (Fsp3) is 0.450. The van der Waals surface area contributed by atoms with E-state index in [-0.39, 0.29) is 18.4 Å². The Bertz CT molecular complexity index is 1020. The first-order valence-corrected chi connectivity index (χ1v) is 13.3. The van der Waals surface area contributed by atoms with Gasteiger partial charge in [0.2, 0.25) is 5.91 Å². The smallest absolute Gasteiger partial charge is 0.252 e. The van der Waals surface area contributed by atoms with Crippen molar-refractivity contribution in [2.75, 3.05) is 44.2 Å². The monoisotopic (exact) mass is 531 g/mol.